The quantitative estimate of drug-likeness (QED) is 0.855. The van der Waals surface area contributed by atoms with Gasteiger partial charge in [0.25, 0.3) is 0 Å². The predicted molar refractivity (Wildman–Crippen MR) is 83.6 cm³/mol. The smallest absolute Gasteiger partial charge is 0.141 e. The summed E-state index contributed by atoms with van der Waals surface area (Å²) in [6.45, 7) is 0.904. The van der Waals surface area contributed by atoms with Crippen LogP contribution in [0.3, 0.4) is 0 Å². The lowest BCUT2D eigenvalue weighted by Gasteiger charge is -2.46. The van der Waals surface area contributed by atoms with Gasteiger partial charge in [-0.2, -0.15) is 0 Å². The molecule has 3 nitrogen and oxygen atoms in total. The predicted octanol–water partition coefficient (Wildman–Crippen LogP) is 3.07. The molecule has 0 radical (unpaired) electrons. The molecule has 3 rings (SSSR count). The Kier molecular flexibility index (Phi) is 4.03. The number of ketones is 1. The van der Waals surface area contributed by atoms with Gasteiger partial charge in [0.2, 0.25) is 0 Å². The maximum Gasteiger partial charge on any atom is 0.141 e. The van der Waals surface area contributed by atoms with Crippen molar-refractivity contribution >= 4 is 5.78 Å². The van der Waals surface area contributed by atoms with E-state index in [2.05, 4.69) is 24.1 Å². The minimum Gasteiger partial charge on any atom is -0.497 e. The fourth-order valence-corrected chi connectivity index (χ4v) is 4.24. The van der Waals surface area contributed by atoms with Crippen LogP contribution >= 0.6 is 0 Å². The van der Waals surface area contributed by atoms with Crippen molar-refractivity contribution in [2.75, 3.05) is 20.7 Å². The zero-order chi connectivity index (χ0) is 14.9. The normalized spacial score (nSPS) is 25.4. The lowest BCUT2D eigenvalue weighted by Crippen LogP contribution is -2.55. The van der Waals surface area contributed by atoms with Crippen LogP contribution < -0.4 is 4.74 Å². The minimum absolute atomic E-state index is 0.0765. The number of likely N-dealkylation sites (N-methyl/N-ethyl adjacent to an activating group) is 1. The fourth-order valence-electron chi connectivity index (χ4n) is 4.24. The number of carbonyl (C=O) groups is 1. The topological polar surface area (TPSA) is 29.5 Å². The second-order valence-electron chi connectivity index (χ2n) is 6.59. The van der Waals surface area contributed by atoms with Crippen molar-refractivity contribution in [2.45, 2.75) is 44.6 Å². The monoisotopic (exact) mass is 287 g/mol. The maximum atomic E-state index is 12.6. The lowest BCUT2D eigenvalue weighted by atomic mass is 9.69. The van der Waals surface area contributed by atoms with Crippen LogP contribution in [-0.2, 0) is 11.2 Å². The van der Waals surface area contributed by atoms with Gasteiger partial charge in [-0.05, 0) is 44.0 Å². The molecule has 1 aromatic carbocycles. The highest BCUT2D eigenvalue weighted by molar-refractivity contribution is 5.87. The lowest BCUT2D eigenvalue weighted by molar-refractivity contribution is -0.137. The van der Waals surface area contributed by atoms with E-state index in [1.165, 1.54) is 18.4 Å². The standard InChI is InChI=1S/C18H25NO2/c1-19-12-9-17(20)18(10-3-4-11-18)16(19)13-14-5-7-15(21-2)8-6-14/h5-8,16H,3-4,9-13H2,1-2H3. The average Bonchev–Trinajstić information content (AvgIpc) is 2.99. The van der Waals surface area contributed by atoms with Crippen molar-refractivity contribution in [1.82, 2.24) is 4.90 Å². The van der Waals surface area contributed by atoms with Gasteiger partial charge in [0, 0.05) is 24.4 Å². The van der Waals surface area contributed by atoms with Crippen molar-refractivity contribution in [3.8, 4) is 5.75 Å². The zero-order valence-corrected chi connectivity index (χ0v) is 13.1. The summed E-state index contributed by atoms with van der Waals surface area (Å²) in [7, 11) is 3.87. The molecular formula is C18H25NO2. The molecule has 2 aliphatic rings. The largest absolute Gasteiger partial charge is 0.497 e. The molecule has 0 aromatic heterocycles. The molecule has 1 aliphatic heterocycles. The molecule has 3 heteroatoms. The fraction of sp³-hybridized carbons (Fsp3) is 0.611. The van der Waals surface area contributed by atoms with Gasteiger partial charge in [-0.1, -0.05) is 25.0 Å². The number of hydrogen-bond donors (Lipinski definition) is 0. The van der Waals surface area contributed by atoms with Crippen LogP contribution in [0.5, 0.6) is 5.75 Å². The molecule has 0 N–H and O–H groups in total. The molecule has 1 saturated heterocycles. The highest BCUT2D eigenvalue weighted by Crippen LogP contribution is 2.47. The van der Waals surface area contributed by atoms with Crippen LogP contribution in [0, 0.1) is 5.41 Å². The molecule has 2 fully saturated rings. The van der Waals surface area contributed by atoms with Crippen LogP contribution in [0.2, 0.25) is 0 Å². The molecular weight excluding hydrogens is 262 g/mol. The number of likely N-dealkylation sites (tertiary alicyclic amines) is 1. The Hall–Kier alpha value is -1.35. The van der Waals surface area contributed by atoms with E-state index in [9.17, 15) is 4.79 Å². The van der Waals surface area contributed by atoms with Gasteiger partial charge in [0.05, 0.1) is 7.11 Å². The number of piperidine rings is 1. The summed E-state index contributed by atoms with van der Waals surface area (Å²) in [4.78, 5) is 15.0. The second-order valence-corrected chi connectivity index (χ2v) is 6.59. The van der Waals surface area contributed by atoms with Crippen molar-refractivity contribution in [2.24, 2.45) is 5.41 Å². The van der Waals surface area contributed by atoms with Gasteiger partial charge in [-0.3, -0.25) is 4.79 Å². The van der Waals surface area contributed by atoms with E-state index in [0.29, 0.717) is 11.8 Å². The minimum atomic E-state index is -0.0765. The van der Waals surface area contributed by atoms with Gasteiger partial charge >= 0.3 is 0 Å². The third-order valence-corrected chi connectivity index (χ3v) is 5.50. The third-order valence-electron chi connectivity index (χ3n) is 5.50. The Morgan fingerprint density at radius 2 is 1.90 bits per heavy atom. The molecule has 1 saturated carbocycles. The van der Waals surface area contributed by atoms with Crippen LogP contribution in [0.25, 0.3) is 0 Å². The van der Waals surface area contributed by atoms with Gasteiger partial charge in [0.15, 0.2) is 0 Å². The van der Waals surface area contributed by atoms with Crippen molar-refractivity contribution in [1.29, 1.82) is 0 Å². The number of carbonyl (C=O) groups excluding carboxylic acids is 1. The van der Waals surface area contributed by atoms with Crippen LogP contribution in [0.4, 0.5) is 0 Å². The van der Waals surface area contributed by atoms with E-state index in [-0.39, 0.29) is 5.41 Å². The van der Waals surface area contributed by atoms with E-state index in [1.807, 2.05) is 12.1 Å². The van der Waals surface area contributed by atoms with Crippen LogP contribution in [0.15, 0.2) is 24.3 Å². The highest BCUT2D eigenvalue weighted by atomic mass is 16.5. The molecule has 0 amide bonds. The van der Waals surface area contributed by atoms with Crippen LogP contribution in [0.1, 0.15) is 37.7 Å². The van der Waals surface area contributed by atoms with Crippen molar-refractivity contribution < 1.29 is 9.53 Å². The Balaban J connectivity index is 1.84. The molecule has 0 bridgehead atoms. The van der Waals surface area contributed by atoms with Gasteiger partial charge < -0.3 is 9.64 Å². The number of rotatable bonds is 3. The first-order chi connectivity index (χ1) is 10.2. The van der Waals surface area contributed by atoms with E-state index in [4.69, 9.17) is 4.74 Å². The molecule has 1 aromatic rings. The molecule has 1 spiro atoms. The summed E-state index contributed by atoms with van der Waals surface area (Å²) >= 11 is 0. The third kappa shape index (κ3) is 2.59. The number of nitrogens with zero attached hydrogens (tertiary/aromatic N) is 1. The van der Waals surface area contributed by atoms with Crippen molar-refractivity contribution in [3.63, 3.8) is 0 Å². The molecule has 1 unspecified atom stereocenters. The Morgan fingerprint density at radius 1 is 1.24 bits per heavy atom. The summed E-state index contributed by atoms with van der Waals surface area (Å²) < 4.78 is 5.23. The number of benzene rings is 1. The number of Topliss-reactive ketones (excluding diaryl/α,β-unsaturated/α-hetero) is 1. The van der Waals surface area contributed by atoms with Gasteiger partial charge in [0.1, 0.15) is 11.5 Å². The molecule has 1 aliphatic carbocycles. The molecule has 1 heterocycles. The Bertz CT molecular complexity index is 502. The summed E-state index contributed by atoms with van der Waals surface area (Å²) in [6.07, 6.45) is 6.27. The number of methoxy groups -OCH3 is 1. The Labute approximate surface area is 127 Å². The summed E-state index contributed by atoms with van der Waals surface area (Å²) in [6, 6.07) is 8.65. The van der Waals surface area contributed by atoms with E-state index >= 15 is 0 Å². The maximum absolute atomic E-state index is 12.6. The first-order valence-corrected chi connectivity index (χ1v) is 8.02. The van der Waals surface area contributed by atoms with E-state index < -0.39 is 0 Å². The van der Waals surface area contributed by atoms with Gasteiger partial charge in [-0.15, -0.1) is 0 Å². The zero-order valence-electron chi connectivity index (χ0n) is 13.1. The van der Waals surface area contributed by atoms with Crippen LogP contribution in [-0.4, -0.2) is 37.4 Å². The summed E-state index contributed by atoms with van der Waals surface area (Å²) in [5, 5.41) is 0. The Morgan fingerprint density at radius 3 is 2.52 bits per heavy atom. The SMILES string of the molecule is COc1ccc(CC2N(C)CCC(=O)C23CCCC3)cc1. The first kappa shape index (κ1) is 14.6. The first-order valence-electron chi connectivity index (χ1n) is 8.02. The van der Waals surface area contributed by atoms with Gasteiger partial charge in [-0.25, -0.2) is 0 Å². The number of hydrogen-bond acceptors (Lipinski definition) is 3. The summed E-state index contributed by atoms with van der Waals surface area (Å²) in [5.41, 5.74) is 1.22. The molecule has 1 atom stereocenters. The van der Waals surface area contributed by atoms with E-state index in [0.717, 1.165) is 38.0 Å². The molecule has 21 heavy (non-hydrogen) atoms. The summed E-state index contributed by atoms with van der Waals surface area (Å²) in [5.74, 6) is 1.40. The van der Waals surface area contributed by atoms with E-state index in [1.54, 1.807) is 7.11 Å². The average molecular weight is 287 g/mol. The highest BCUT2D eigenvalue weighted by Gasteiger charge is 2.50. The number of ether oxygens (including phenoxy) is 1. The second kappa shape index (κ2) is 5.80. The van der Waals surface area contributed by atoms with Crippen molar-refractivity contribution in [3.05, 3.63) is 29.8 Å². The molecule has 114 valence electrons.